The molecule has 1 heterocycles. The number of rotatable bonds is 3. The summed E-state index contributed by atoms with van der Waals surface area (Å²) in [6, 6.07) is 5.26. The van der Waals surface area contributed by atoms with Crippen molar-refractivity contribution >= 4 is 32.8 Å². The van der Waals surface area contributed by atoms with Gasteiger partial charge in [0.05, 0.1) is 7.11 Å². The second-order valence-corrected chi connectivity index (χ2v) is 4.66. The van der Waals surface area contributed by atoms with E-state index in [1.807, 2.05) is 24.4 Å². The molecular formula is C12H13BrN2O2. The van der Waals surface area contributed by atoms with Crippen molar-refractivity contribution in [3.8, 4) is 0 Å². The van der Waals surface area contributed by atoms with Gasteiger partial charge in [0.25, 0.3) is 0 Å². The first-order valence-electron chi connectivity index (χ1n) is 5.21. The van der Waals surface area contributed by atoms with Gasteiger partial charge in [-0.25, -0.2) is 0 Å². The van der Waals surface area contributed by atoms with Gasteiger partial charge in [-0.3, -0.25) is 4.79 Å². The third-order valence-electron chi connectivity index (χ3n) is 2.68. The zero-order chi connectivity index (χ0) is 12.4. The van der Waals surface area contributed by atoms with E-state index in [9.17, 15) is 4.79 Å². The lowest BCUT2D eigenvalue weighted by Crippen LogP contribution is -2.33. The van der Waals surface area contributed by atoms with Crippen molar-refractivity contribution in [3.05, 3.63) is 34.4 Å². The lowest BCUT2D eigenvalue weighted by molar-refractivity contribution is -0.142. The fraction of sp³-hybridized carbons (Fsp3) is 0.250. The van der Waals surface area contributed by atoms with Gasteiger partial charge in [0.15, 0.2) is 0 Å². The van der Waals surface area contributed by atoms with Gasteiger partial charge in [0.2, 0.25) is 0 Å². The molecule has 17 heavy (non-hydrogen) atoms. The Morgan fingerprint density at radius 1 is 1.59 bits per heavy atom. The van der Waals surface area contributed by atoms with E-state index in [1.165, 1.54) is 7.11 Å². The summed E-state index contributed by atoms with van der Waals surface area (Å²) < 4.78 is 5.61. The van der Waals surface area contributed by atoms with E-state index in [1.54, 1.807) is 0 Å². The molecule has 4 nitrogen and oxygen atoms in total. The van der Waals surface area contributed by atoms with Gasteiger partial charge >= 0.3 is 5.97 Å². The number of methoxy groups -OCH3 is 1. The molecule has 0 saturated heterocycles. The Balaban J connectivity index is 2.34. The zero-order valence-electron chi connectivity index (χ0n) is 9.37. The normalized spacial score (nSPS) is 12.6. The van der Waals surface area contributed by atoms with Crippen molar-refractivity contribution in [2.75, 3.05) is 7.11 Å². The lowest BCUT2D eigenvalue weighted by atomic mass is 10.1. The number of nitrogens with two attached hydrogens (primary N) is 1. The van der Waals surface area contributed by atoms with Crippen LogP contribution in [0.25, 0.3) is 10.9 Å². The number of nitrogens with one attached hydrogen (secondary N) is 1. The van der Waals surface area contributed by atoms with Gasteiger partial charge in [-0.1, -0.05) is 22.0 Å². The Kier molecular flexibility index (Phi) is 3.49. The van der Waals surface area contributed by atoms with Crippen molar-refractivity contribution in [1.82, 2.24) is 4.98 Å². The minimum atomic E-state index is -0.633. The predicted octanol–water partition coefficient (Wildman–Crippen LogP) is 1.97. The molecule has 0 aliphatic heterocycles. The van der Waals surface area contributed by atoms with Crippen LogP contribution < -0.4 is 5.73 Å². The standard InChI is InChI=1S/C12H13BrN2O2/c1-17-12(16)9(14)5-7-6-15-10-4-2-3-8(13)11(7)10/h2-4,6,9,15H,5,14H2,1H3. The van der Waals surface area contributed by atoms with E-state index in [0.717, 1.165) is 20.9 Å². The topological polar surface area (TPSA) is 68.1 Å². The van der Waals surface area contributed by atoms with Gasteiger partial charge in [-0.15, -0.1) is 0 Å². The minimum absolute atomic E-state index is 0.397. The predicted molar refractivity (Wildman–Crippen MR) is 69.7 cm³/mol. The molecule has 1 aromatic heterocycles. The maximum atomic E-state index is 11.3. The van der Waals surface area contributed by atoms with Gasteiger partial charge in [-0.2, -0.15) is 0 Å². The van der Waals surface area contributed by atoms with Crippen LogP contribution in [0.15, 0.2) is 28.9 Å². The monoisotopic (exact) mass is 296 g/mol. The summed E-state index contributed by atoms with van der Waals surface area (Å²) in [4.78, 5) is 14.4. The molecule has 0 radical (unpaired) electrons. The molecule has 1 aromatic carbocycles. The van der Waals surface area contributed by atoms with E-state index in [2.05, 4.69) is 25.7 Å². The van der Waals surface area contributed by atoms with Gasteiger partial charge in [0.1, 0.15) is 6.04 Å². The summed E-state index contributed by atoms with van der Waals surface area (Å²) in [6.07, 6.45) is 2.33. The molecule has 0 bridgehead atoms. The number of carbonyl (C=O) groups is 1. The number of aromatic nitrogens is 1. The maximum absolute atomic E-state index is 11.3. The number of benzene rings is 1. The number of carbonyl (C=O) groups excluding carboxylic acids is 1. The van der Waals surface area contributed by atoms with Crippen molar-refractivity contribution in [3.63, 3.8) is 0 Å². The quantitative estimate of drug-likeness (QED) is 0.851. The van der Waals surface area contributed by atoms with E-state index in [4.69, 9.17) is 5.73 Å². The number of halogens is 1. The van der Waals surface area contributed by atoms with Crippen molar-refractivity contribution in [1.29, 1.82) is 0 Å². The first kappa shape index (κ1) is 12.1. The Hall–Kier alpha value is -1.33. The molecule has 1 unspecified atom stereocenters. The smallest absolute Gasteiger partial charge is 0.322 e. The summed E-state index contributed by atoms with van der Waals surface area (Å²) in [7, 11) is 1.34. The lowest BCUT2D eigenvalue weighted by Gasteiger charge is -2.08. The molecule has 1 atom stereocenters. The van der Waals surface area contributed by atoms with E-state index in [0.29, 0.717) is 6.42 Å². The molecular weight excluding hydrogens is 284 g/mol. The average molecular weight is 297 g/mol. The number of hydrogen-bond donors (Lipinski definition) is 2. The Bertz CT molecular complexity index is 550. The second-order valence-electron chi connectivity index (χ2n) is 3.81. The number of esters is 1. The maximum Gasteiger partial charge on any atom is 0.322 e. The van der Waals surface area contributed by atoms with E-state index >= 15 is 0 Å². The molecule has 0 amide bonds. The van der Waals surface area contributed by atoms with Crippen molar-refractivity contribution in [2.24, 2.45) is 5.73 Å². The SMILES string of the molecule is COC(=O)C(N)Cc1c[nH]c2cccc(Br)c12. The second kappa shape index (κ2) is 4.89. The molecule has 90 valence electrons. The fourth-order valence-electron chi connectivity index (χ4n) is 1.84. The van der Waals surface area contributed by atoms with E-state index in [-0.39, 0.29) is 0 Å². The summed E-state index contributed by atoms with van der Waals surface area (Å²) in [5.41, 5.74) is 7.78. The van der Waals surface area contributed by atoms with E-state index < -0.39 is 12.0 Å². The van der Waals surface area contributed by atoms with Gasteiger partial charge < -0.3 is 15.5 Å². The first-order valence-corrected chi connectivity index (χ1v) is 6.00. The molecule has 2 aromatic rings. The van der Waals surface area contributed by atoms with Gasteiger partial charge in [0, 0.05) is 28.0 Å². The van der Waals surface area contributed by atoms with Crippen molar-refractivity contribution < 1.29 is 9.53 Å². The highest BCUT2D eigenvalue weighted by Crippen LogP contribution is 2.27. The molecule has 5 heteroatoms. The zero-order valence-corrected chi connectivity index (χ0v) is 11.0. The largest absolute Gasteiger partial charge is 0.468 e. The fourth-order valence-corrected chi connectivity index (χ4v) is 2.46. The molecule has 3 N–H and O–H groups in total. The number of aromatic amines is 1. The highest BCUT2D eigenvalue weighted by atomic mass is 79.9. The number of ether oxygens (including phenoxy) is 1. The Morgan fingerprint density at radius 3 is 3.06 bits per heavy atom. The molecule has 0 aliphatic rings. The Labute approximate surface area is 107 Å². The summed E-state index contributed by atoms with van der Waals surface area (Å²) >= 11 is 3.49. The third-order valence-corrected chi connectivity index (χ3v) is 3.34. The third kappa shape index (κ3) is 2.35. The van der Waals surface area contributed by atoms with Crippen LogP contribution in [0.1, 0.15) is 5.56 Å². The summed E-state index contributed by atoms with van der Waals surface area (Å²) in [6.45, 7) is 0. The minimum Gasteiger partial charge on any atom is -0.468 e. The van der Waals surface area contributed by atoms with Crippen LogP contribution in [0.4, 0.5) is 0 Å². The van der Waals surface area contributed by atoms with Crippen LogP contribution in [0.2, 0.25) is 0 Å². The van der Waals surface area contributed by atoms with Crippen molar-refractivity contribution in [2.45, 2.75) is 12.5 Å². The highest BCUT2D eigenvalue weighted by molar-refractivity contribution is 9.10. The Morgan fingerprint density at radius 2 is 2.35 bits per heavy atom. The molecule has 0 fully saturated rings. The first-order chi connectivity index (χ1) is 8.13. The number of fused-ring (bicyclic) bond motifs is 1. The van der Waals surface area contributed by atoms with Crippen LogP contribution >= 0.6 is 15.9 Å². The molecule has 0 saturated carbocycles. The average Bonchev–Trinajstić information content (AvgIpc) is 2.72. The van der Waals surface area contributed by atoms with Crippen LogP contribution in [-0.4, -0.2) is 24.1 Å². The molecule has 0 aliphatic carbocycles. The van der Waals surface area contributed by atoms with Gasteiger partial charge in [-0.05, 0) is 17.7 Å². The van der Waals surface area contributed by atoms with Crippen LogP contribution in [0.3, 0.4) is 0 Å². The number of hydrogen-bond acceptors (Lipinski definition) is 3. The number of H-pyrrole nitrogens is 1. The van der Waals surface area contributed by atoms with Crippen LogP contribution in [0.5, 0.6) is 0 Å². The van der Waals surface area contributed by atoms with Crippen LogP contribution in [0, 0.1) is 0 Å². The molecule has 0 spiro atoms. The summed E-state index contributed by atoms with van der Waals surface area (Å²) in [5, 5.41) is 1.06. The molecule has 2 rings (SSSR count). The summed E-state index contributed by atoms with van der Waals surface area (Å²) in [5.74, 6) is -0.397. The highest BCUT2D eigenvalue weighted by Gasteiger charge is 2.17. The van der Waals surface area contributed by atoms with Crippen LogP contribution in [-0.2, 0) is 16.0 Å².